The average molecular weight is 277 g/mol. The van der Waals surface area contributed by atoms with Crippen molar-refractivity contribution in [3.05, 3.63) is 64.7 Å². The molecule has 0 unspecified atom stereocenters. The zero-order chi connectivity index (χ0) is 13.7. The summed E-state index contributed by atoms with van der Waals surface area (Å²) in [4.78, 5) is 11.5. The number of methoxy groups -OCH3 is 1. The fraction of sp³-hybridized carbons (Fsp3) is 0.133. The van der Waals surface area contributed by atoms with Gasteiger partial charge in [-0.05, 0) is 23.8 Å². The van der Waals surface area contributed by atoms with E-state index < -0.39 is 5.97 Å². The first-order valence-corrected chi connectivity index (χ1v) is 6.12. The Kier molecular flexibility index (Phi) is 4.42. The summed E-state index contributed by atoms with van der Waals surface area (Å²) in [5.74, 6) is 0.101. The molecule has 0 atom stereocenters. The topological polar surface area (TPSA) is 35.5 Å². The van der Waals surface area contributed by atoms with E-state index in [2.05, 4.69) is 4.74 Å². The van der Waals surface area contributed by atoms with Crippen molar-refractivity contribution in [1.82, 2.24) is 0 Å². The van der Waals surface area contributed by atoms with E-state index in [4.69, 9.17) is 16.3 Å². The third-order valence-electron chi connectivity index (χ3n) is 2.54. The molecule has 3 nitrogen and oxygen atoms in total. The Hall–Kier alpha value is -2.00. The van der Waals surface area contributed by atoms with E-state index in [1.807, 2.05) is 30.3 Å². The Morgan fingerprint density at radius 3 is 2.58 bits per heavy atom. The predicted molar refractivity (Wildman–Crippen MR) is 73.6 cm³/mol. The van der Waals surface area contributed by atoms with Gasteiger partial charge in [0.25, 0.3) is 0 Å². The zero-order valence-electron chi connectivity index (χ0n) is 10.4. The maximum absolute atomic E-state index is 11.5. The van der Waals surface area contributed by atoms with E-state index >= 15 is 0 Å². The lowest BCUT2D eigenvalue weighted by Crippen LogP contribution is -2.02. The van der Waals surface area contributed by atoms with Crippen molar-refractivity contribution in [2.75, 3.05) is 7.11 Å². The molecule has 0 N–H and O–H groups in total. The Labute approximate surface area is 116 Å². The van der Waals surface area contributed by atoms with Gasteiger partial charge in [-0.25, -0.2) is 4.79 Å². The molecule has 0 bridgehead atoms. The molecule has 2 aromatic rings. The summed E-state index contributed by atoms with van der Waals surface area (Å²) in [7, 11) is 1.33. The molecule has 19 heavy (non-hydrogen) atoms. The lowest BCUT2D eigenvalue weighted by molar-refractivity contribution is 0.0600. The summed E-state index contributed by atoms with van der Waals surface area (Å²) in [6, 6.07) is 14.6. The maximum atomic E-state index is 11.5. The van der Waals surface area contributed by atoms with Crippen LogP contribution in [0.3, 0.4) is 0 Å². The van der Waals surface area contributed by atoms with E-state index in [0.717, 1.165) is 5.56 Å². The molecule has 0 fully saturated rings. The van der Waals surface area contributed by atoms with Crippen LogP contribution in [0.1, 0.15) is 15.9 Å². The molecular weight excluding hydrogens is 264 g/mol. The van der Waals surface area contributed by atoms with Gasteiger partial charge in [0.15, 0.2) is 0 Å². The maximum Gasteiger partial charge on any atom is 0.338 e. The third kappa shape index (κ3) is 3.73. The Morgan fingerprint density at radius 1 is 1.16 bits per heavy atom. The Morgan fingerprint density at radius 2 is 1.89 bits per heavy atom. The van der Waals surface area contributed by atoms with Gasteiger partial charge in [-0.1, -0.05) is 41.9 Å². The molecule has 0 saturated heterocycles. The molecule has 0 spiro atoms. The molecule has 0 aromatic heterocycles. The normalized spacial score (nSPS) is 10.0. The minimum atomic E-state index is -0.438. The standard InChI is InChI=1S/C15H13ClO3/c1-18-15(17)12-7-13(16)9-14(8-12)19-10-11-5-3-2-4-6-11/h2-9H,10H2,1H3. The van der Waals surface area contributed by atoms with Crippen LogP contribution in [0.5, 0.6) is 5.75 Å². The lowest BCUT2D eigenvalue weighted by atomic mass is 10.2. The number of hydrogen-bond acceptors (Lipinski definition) is 3. The molecule has 0 radical (unpaired) electrons. The largest absolute Gasteiger partial charge is 0.489 e. The second-order valence-corrected chi connectivity index (χ2v) is 4.38. The highest BCUT2D eigenvalue weighted by Crippen LogP contribution is 2.22. The van der Waals surface area contributed by atoms with Gasteiger partial charge in [0.1, 0.15) is 12.4 Å². The van der Waals surface area contributed by atoms with E-state index in [9.17, 15) is 4.79 Å². The van der Waals surface area contributed by atoms with Crippen LogP contribution in [0.4, 0.5) is 0 Å². The summed E-state index contributed by atoms with van der Waals surface area (Å²) in [6.07, 6.45) is 0. The zero-order valence-corrected chi connectivity index (χ0v) is 11.2. The molecule has 2 aromatic carbocycles. The van der Waals surface area contributed by atoms with Crippen molar-refractivity contribution >= 4 is 17.6 Å². The average Bonchev–Trinajstić information content (AvgIpc) is 2.45. The first-order valence-electron chi connectivity index (χ1n) is 5.74. The van der Waals surface area contributed by atoms with Gasteiger partial charge in [-0.2, -0.15) is 0 Å². The van der Waals surface area contributed by atoms with E-state index in [1.165, 1.54) is 7.11 Å². The van der Waals surface area contributed by atoms with Crippen LogP contribution in [0.2, 0.25) is 5.02 Å². The molecule has 0 saturated carbocycles. The SMILES string of the molecule is COC(=O)c1cc(Cl)cc(OCc2ccccc2)c1. The fourth-order valence-corrected chi connectivity index (χ4v) is 1.85. The van der Waals surface area contributed by atoms with Crippen LogP contribution in [0.25, 0.3) is 0 Å². The van der Waals surface area contributed by atoms with Gasteiger partial charge in [0, 0.05) is 5.02 Å². The Bertz CT molecular complexity index is 567. The quantitative estimate of drug-likeness (QED) is 0.799. The number of rotatable bonds is 4. The first kappa shape index (κ1) is 13.4. The summed E-state index contributed by atoms with van der Waals surface area (Å²) >= 11 is 5.95. The van der Waals surface area contributed by atoms with Crippen molar-refractivity contribution < 1.29 is 14.3 Å². The highest BCUT2D eigenvalue weighted by atomic mass is 35.5. The van der Waals surface area contributed by atoms with Gasteiger partial charge in [-0.15, -0.1) is 0 Å². The molecule has 0 aliphatic carbocycles. The molecule has 98 valence electrons. The number of carbonyl (C=O) groups excluding carboxylic acids is 1. The molecular formula is C15H13ClO3. The van der Waals surface area contributed by atoms with Gasteiger partial charge in [-0.3, -0.25) is 0 Å². The minimum Gasteiger partial charge on any atom is -0.489 e. The van der Waals surface area contributed by atoms with Crippen molar-refractivity contribution in [1.29, 1.82) is 0 Å². The molecule has 2 rings (SSSR count). The minimum absolute atomic E-state index is 0.373. The number of esters is 1. The predicted octanol–water partition coefficient (Wildman–Crippen LogP) is 3.71. The number of benzene rings is 2. The number of halogens is 1. The second kappa shape index (κ2) is 6.25. The fourth-order valence-electron chi connectivity index (χ4n) is 1.62. The smallest absolute Gasteiger partial charge is 0.338 e. The van der Waals surface area contributed by atoms with Gasteiger partial charge in [0.2, 0.25) is 0 Å². The molecule has 4 heteroatoms. The highest BCUT2D eigenvalue weighted by molar-refractivity contribution is 6.31. The van der Waals surface area contributed by atoms with Crippen LogP contribution < -0.4 is 4.74 Å². The van der Waals surface area contributed by atoms with Crippen LogP contribution in [0, 0.1) is 0 Å². The van der Waals surface area contributed by atoms with E-state index in [1.54, 1.807) is 18.2 Å². The molecule has 0 aliphatic rings. The van der Waals surface area contributed by atoms with Gasteiger partial charge >= 0.3 is 5.97 Å². The summed E-state index contributed by atoms with van der Waals surface area (Å²) in [5.41, 5.74) is 1.42. The first-order chi connectivity index (χ1) is 9.19. The third-order valence-corrected chi connectivity index (χ3v) is 2.76. The molecule has 0 heterocycles. The lowest BCUT2D eigenvalue weighted by Gasteiger charge is -2.08. The monoisotopic (exact) mass is 276 g/mol. The number of ether oxygens (including phenoxy) is 2. The van der Waals surface area contributed by atoms with Crippen LogP contribution in [-0.4, -0.2) is 13.1 Å². The van der Waals surface area contributed by atoms with Gasteiger partial charge in [0.05, 0.1) is 12.7 Å². The number of carbonyl (C=O) groups is 1. The number of hydrogen-bond donors (Lipinski definition) is 0. The molecule has 0 amide bonds. The van der Waals surface area contributed by atoms with E-state index in [-0.39, 0.29) is 0 Å². The van der Waals surface area contributed by atoms with Crippen molar-refractivity contribution in [2.24, 2.45) is 0 Å². The van der Waals surface area contributed by atoms with Crippen LogP contribution in [0.15, 0.2) is 48.5 Å². The van der Waals surface area contributed by atoms with Crippen molar-refractivity contribution in [2.45, 2.75) is 6.61 Å². The summed E-state index contributed by atoms with van der Waals surface area (Å²) < 4.78 is 10.3. The molecule has 0 aliphatic heterocycles. The second-order valence-electron chi connectivity index (χ2n) is 3.94. The summed E-state index contributed by atoms with van der Waals surface area (Å²) in [5, 5.41) is 0.436. The van der Waals surface area contributed by atoms with E-state index in [0.29, 0.717) is 22.9 Å². The van der Waals surface area contributed by atoms with Gasteiger partial charge < -0.3 is 9.47 Å². The highest BCUT2D eigenvalue weighted by Gasteiger charge is 2.09. The van der Waals surface area contributed by atoms with Crippen molar-refractivity contribution in [3.63, 3.8) is 0 Å². The van der Waals surface area contributed by atoms with Crippen LogP contribution in [-0.2, 0) is 11.3 Å². The van der Waals surface area contributed by atoms with Crippen LogP contribution >= 0.6 is 11.6 Å². The Balaban J connectivity index is 2.12. The van der Waals surface area contributed by atoms with Crippen molar-refractivity contribution in [3.8, 4) is 5.75 Å². The summed E-state index contributed by atoms with van der Waals surface area (Å²) in [6.45, 7) is 0.418.